The lowest BCUT2D eigenvalue weighted by Crippen LogP contribution is -2.11. The van der Waals surface area contributed by atoms with Gasteiger partial charge >= 0.3 is 0 Å². The van der Waals surface area contributed by atoms with E-state index in [0.717, 1.165) is 60.7 Å². The lowest BCUT2D eigenvalue weighted by molar-refractivity contribution is -0.117. The number of aryl methyl sites for hydroxylation is 1. The van der Waals surface area contributed by atoms with Crippen LogP contribution in [0.2, 0.25) is 0 Å². The average Bonchev–Trinajstić information content (AvgIpc) is 2.77. The number of fused-ring (bicyclic) bond motifs is 1. The van der Waals surface area contributed by atoms with Crippen molar-refractivity contribution in [2.75, 3.05) is 10.6 Å². The largest absolute Gasteiger partial charge is 0.326 e. The van der Waals surface area contributed by atoms with Crippen LogP contribution in [0.5, 0.6) is 0 Å². The van der Waals surface area contributed by atoms with Gasteiger partial charge in [-0.2, -0.15) is 0 Å². The Kier molecular flexibility index (Phi) is 8.65. The highest BCUT2D eigenvalue weighted by Gasteiger charge is 2.06. The van der Waals surface area contributed by atoms with E-state index in [-0.39, 0.29) is 11.8 Å². The van der Waals surface area contributed by atoms with Gasteiger partial charge in [-0.15, -0.1) is 0 Å². The minimum Gasteiger partial charge on any atom is -0.326 e. The first-order valence-corrected chi connectivity index (χ1v) is 11.3. The molecule has 0 unspecified atom stereocenters. The van der Waals surface area contributed by atoms with Crippen LogP contribution in [0.3, 0.4) is 0 Å². The first-order valence-electron chi connectivity index (χ1n) is 11.3. The Morgan fingerprint density at radius 2 is 1.23 bits per heavy atom. The van der Waals surface area contributed by atoms with E-state index in [1.165, 1.54) is 5.56 Å². The highest BCUT2D eigenvalue weighted by molar-refractivity contribution is 6.02. The number of rotatable bonds is 11. The van der Waals surface area contributed by atoms with E-state index in [0.29, 0.717) is 12.8 Å². The molecule has 2 N–H and O–H groups in total. The minimum absolute atomic E-state index is 0.0733. The highest BCUT2D eigenvalue weighted by Crippen LogP contribution is 2.23. The first-order chi connectivity index (χ1) is 15.1. The van der Waals surface area contributed by atoms with Gasteiger partial charge < -0.3 is 10.6 Å². The van der Waals surface area contributed by atoms with E-state index in [1.807, 2.05) is 61.5 Å². The summed E-state index contributed by atoms with van der Waals surface area (Å²) in [6.45, 7) is 2.03. The summed E-state index contributed by atoms with van der Waals surface area (Å²) >= 11 is 0. The molecular weight excluding hydrogens is 384 g/mol. The molecule has 3 aromatic carbocycles. The molecule has 3 aromatic rings. The predicted molar refractivity (Wildman–Crippen MR) is 129 cm³/mol. The van der Waals surface area contributed by atoms with Crippen LogP contribution < -0.4 is 10.6 Å². The van der Waals surface area contributed by atoms with E-state index in [9.17, 15) is 9.59 Å². The summed E-state index contributed by atoms with van der Waals surface area (Å²) in [5.74, 6) is 0.151. The van der Waals surface area contributed by atoms with E-state index in [1.54, 1.807) is 0 Å². The van der Waals surface area contributed by atoms with Crippen molar-refractivity contribution in [3.8, 4) is 0 Å². The lowest BCUT2D eigenvalue weighted by atomic mass is 10.1. The second-order valence-electron chi connectivity index (χ2n) is 8.11. The third kappa shape index (κ3) is 7.56. The molecule has 0 bridgehead atoms. The Hall–Kier alpha value is -3.14. The first kappa shape index (κ1) is 22.5. The summed E-state index contributed by atoms with van der Waals surface area (Å²) in [4.78, 5) is 24.3. The normalized spacial score (nSPS) is 10.7. The van der Waals surface area contributed by atoms with Crippen LogP contribution in [0.15, 0.2) is 66.7 Å². The van der Waals surface area contributed by atoms with Crippen LogP contribution >= 0.6 is 0 Å². The average molecular weight is 417 g/mol. The summed E-state index contributed by atoms with van der Waals surface area (Å²) in [7, 11) is 0. The molecule has 0 heterocycles. The zero-order chi connectivity index (χ0) is 21.9. The van der Waals surface area contributed by atoms with E-state index in [4.69, 9.17) is 0 Å². The van der Waals surface area contributed by atoms with Gasteiger partial charge in [0.05, 0.1) is 0 Å². The molecule has 0 saturated heterocycles. The van der Waals surface area contributed by atoms with Crippen LogP contribution in [0.25, 0.3) is 10.8 Å². The number of carbonyl (C=O) groups excluding carboxylic acids is 2. The topological polar surface area (TPSA) is 58.2 Å². The highest BCUT2D eigenvalue weighted by atomic mass is 16.2. The fourth-order valence-corrected chi connectivity index (χ4v) is 3.69. The van der Waals surface area contributed by atoms with Crippen molar-refractivity contribution in [3.05, 3.63) is 72.3 Å². The quantitative estimate of drug-likeness (QED) is 0.336. The van der Waals surface area contributed by atoms with Gasteiger partial charge in [0, 0.05) is 29.6 Å². The molecule has 0 aliphatic rings. The number of amides is 2. The molecule has 4 nitrogen and oxygen atoms in total. The van der Waals surface area contributed by atoms with Crippen molar-refractivity contribution >= 4 is 34.0 Å². The van der Waals surface area contributed by atoms with E-state index < -0.39 is 0 Å². The molecule has 0 spiro atoms. The third-order valence-corrected chi connectivity index (χ3v) is 5.46. The van der Waals surface area contributed by atoms with Crippen molar-refractivity contribution in [3.63, 3.8) is 0 Å². The van der Waals surface area contributed by atoms with Gasteiger partial charge in [0.15, 0.2) is 0 Å². The van der Waals surface area contributed by atoms with Gasteiger partial charge in [-0.25, -0.2) is 0 Å². The Bertz CT molecular complexity index is 990. The Morgan fingerprint density at radius 3 is 1.94 bits per heavy atom. The van der Waals surface area contributed by atoms with Crippen LogP contribution in [0, 0.1) is 6.92 Å². The number of anilines is 2. The summed E-state index contributed by atoms with van der Waals surface area (Å²) in [5.41, 5.74) is 2.92. The van der Waals surface area contributed by atoms with Gasteiger partial charge in [-0.3, -0.25) is 9.59 Å². The minimum atomic E-state index is 0.0733. The summed E-state index contributed by atoms with van der Waals surface area (Å²) in [6.07, 6.45) is 7.18. The number of hydrogen-bond acceptors (Lipinski definition) is 2. The van der Waals surface area contributed by atoms with Crippen molar-refractivity contribution in [2.45, 2.75) is 58.3 Å². The number of hydrogen-bond donors (Lipinski definition) is 2. The van der Waals surface area contributed by atoms with Gasteiger partial charge in [0.25, 0.3) is 0 Å². The summed E-state index contributed by atoms with van der Waals surface area (Å²) in [5, 5.41) is 8.19. The molecule has 4 heteroatoms. The molecule has 0 aliphatic heterocycles. The molecule has 3 rings (SSSR count). The Labute approximate surface area is 185 Å². The zero-order valence-electron chi connectivity index (χ0n) is 18.3. The molecule has 0 aliphatic carbocycles. The molecule has 0 aromatic heterocycles. The molecule has 2 amide bonds. The van der Waals surface area contributed by atoms with Gasteiger partial charge in [0.2, 0.25) is 11.8 Å². The van der Waals surface area contributed by atoms with Crippen LogP contribution in [-0.2, 0) is 9.59 Å². The maximum absolute atomic E-state index is 12.3. The fourth-order valence-electron chi connectivity index (χ4n) is 3.69. The van der Waals surface area contributed by atoms with Crippen molar-refractivity contribution in [2.24, 2.45) is 0 Å². The molecule has 0 saturated carbocycles. The molecule has 0 atom stereocenters. The molecule has 31 heavy (non-hydrogen) atoms. The van der Waals surface area contributed by atoms with Crippen LogP contribution in [0.1, 0.15) is 56.9 Å². The van der Waals surface area contributed by atoms with Gasteiger partial charge in [0.1, 0.15) is 0 Å². The lowest BCUT2D eigenvalue weighted by Gasteiger charge is -2.09. The number of carbonyl (C=O) groups is 2. The van der Waals surface area contributed by atoms with Gasteiger partial charge in [-0.05, 0) is 43.4 Å². The van der Waals surface area contributed by atoms with Crippen molar-refractivity contribution in [1.82, 2.24) is 0 Å². The van der Waals surface area contributed by atoms with E-state index >= 15 is 0 Å². The number of nitrogens with one attached hydrogen (secondary N) is 2. The van der Waals surface area contributed by atoms with Crippen LogP contribution in [-0.4, -0.2) is 11.8 Å². The van der Waals surface area contributed by atoms with E-state index in [2.05, 4.69) is 22.8 Å². The number of unbranched alkanes of at least 4 members (excludes halogenated alkanes) is 5. The summed E-state index contributed by atoms with van der Waals surface area (Å²) < 4.78 is 0. The predicted octanol–water partition coefficient (Wildman–Crippen LogP) is 6.85. The Morgan fingerprint density at radius 1 is 0.645 bits per heavy atom. The molecule has 0 fully saturated rings. The standard InChI is InChI=1S/C27H32N2O2/c1-21-17-19-23(20-18-21)28-26(30)15-6-4-2-3-5-7-16-27(31)29-25-14-10-12-22-11-8-9-13-24(22)25/h8-14,17-20H,2-7,15-16H2,1H3,(H,28,30)(H,29,31). The zero-order valence-corrected chi connectivity index (χ0v) is 18.3. The smallest absolute Gasteiger partial charge is 0.224 e. The van der Waals surface area contributed by atoms with Crippen LogP contribution in [0.4, 0.5) is 11.4 Å². The fraction of sp³-hybridized carbons (Fsp3) is 0.333. The second kappa shape index (κ2) is 11.9. The molecule has 0 radical (unpaired) electrons. The Balaban J connectivity index is 1.24. The van der Waals surface area contributed by atoms with Crippen molar-refractivity contribution < 1.29 is 9.59 Å². The SMILES string of the molecule is Cc1ccc(NC(=O)CCCCCCCCC(=O)Nc2cccc3ccccc23)cc1. The number of benzene rings is 3. The third-order valence-electron chi connectivity index (χ3n) is 5.46. The summed E-state index contributed by atoms with van der Waals surface area (Å²) in [6, 6.07) is 21.9. The molecular formula is C27H32N2O2. The molecule has 162 valence electrons. The van der Waals surface area contributed by atoms with Crippen molar-refractivity contribution in [1.29, 1.82) is 0 Å². The second-order valence-corrected chi connectivity index (χ2v) is 8.11. The monoisotopic (exact) mass is 416 g/mol. The van der Waals surface area contributed by atoms with Gasteiger partial charge in [-0.1, -0.05) is 79.8 Å². The maximum atomic E-state index is 12.3. The maximum Gasteiger partial charge on any atom is 0.224 e.